The second-order valence-corrected chi connectivity index (χ2v) is 9.80. The normalized spacial score (nSPS) is 14.5. The Kier molecular flexibility index (Phi) is 5.48. The Labute approximate surface area is 214 Å². The highest BCUT2D eigenvalue weighted by molar-refractivity contribution is 6.01. The van der Waals surface area contributed by atoms with Crippen molar-refractivity contribution in [1.82, 2.24) is 35.0 Å². The van der Waals surface area contributed by atoms with Crippen molar-refractivity contribution in [3.05, 3.63) is 85.1 Å². The molecule has 0 aliphatic carbocycles. The third-order valence-electron chi connectivity index (χ3n) is 7.31. The summed E-state index contributed by atoms with van der Waals surface area (Å²) in [5.74, 6) is 0. The highest BCUT2D eigenvalue weighted by Crippen LogP contribution is 2.34. The van der Waals surface area contributed by atoms with Crippen LogP contribution in [0.25, 0.3) is 55.6 Å². The number of hydrogen-bond donors (Lipinski definition) is 2. The van der Waals surface area contributed by atoms with Crippen LogP contribution in [0.1, 0.15) is 24.8 Å². The van der Waals surface area contributed by atoms with Crippen molar-refractivity contribution in [3.63, 3.8) is 0 Å². The van der Waals surface area contributed by atoms with Crippen LogP contribution in [0.3, 0.4) is 0 Å². The average Bonchev–Trinajstić information content (AvgIpc) is 3.58. The third kappa shape index (κ3) is 4.17. The number of aromatic nitrogens is 6. The lowest BCUT2D eigenvalue weighted by Gasteiger charge is -2.26. The Morgan fingerprint density at radius 3 is 2.54 bits per heavy atom. The highest BCUT2D eigenvalue weighted by Gasteiger charge is 2.16. The van der Waals surface area contributed by atoms with Gasteiger partial charge < -0.3 is 4.98 Å². The van der Waals surface area contributed by atoms with Crippen molar-refractivity contribution in [2.75, 3.05) is 13.1 Å². The van der Waals surface area contributed by atoms with Gasteiger partial charge in [0.25, 0.3) is 0 Å². The summed E-state index contributed by atoms with van der Waals surface area (Å²) in [5.41, 5.74) is 9.31. The van der Waals surface area contributed by atoms with Crippen LogP contribution in [0.4, 0.5) is 0 Å². The largest absolute Gasteiger partial charge is 0.353 e. The first-order valence-corrected chi connectivity index (χ1v) is 12.9. The number of benzene rings is 1. The molecule has 0 radical (unpaired) electrons. The molecule has 0 bridgehead atoms. The zero-order valence-corrected chi connectivity index (χ0v) is 20.5. The smallest absolute Gasteiger partial charge is 0.155 e. The molecular formula is C30H27N7. The van der Waals surface area contributed by atoms with Crippen LogP contribution in [0.5, 0.6) is 0 Å². The highest BCUT2D eigenvalue weighted by atomic mass is 15.2. The van der Waals surface area contributed by atoms with Crippen molar-refractivity contribution in [2.45, 2.75) is 25.8 Å². The number of pyridine rings is 3. The standard InChI is InChI=1S/C30H27N7/c1-2-11-37(12-3-1)19-20-13-22(17-32-16-20)23-14-26-29(35-36-30(26)33-18-23)28-15-25-24(5-4-6-27(25)34-28)21-7-9-31-10-8-21/h4-10,13-18,34H,1-3,11-12,19H2,(H,33,35,36). The number of fused-ring (bicyclic) bond motifs is 2. The monoisotopic (exact) mass is 485 g/mol. The van der Waals surface area contributed by atoms with E-state index in [1.165, 1.54) is 37.9 Å². The fourth-order valence-electron chi connectivity index (χ4n) is 5.44. The SMILES string of the molecule is c1cc(-c2ccncc2)c2cc(-c3n[nH]c4ncc(-c5cncc(CN6CCCCC6)c5)cc34)[nH]c2c1. The number of rotatable bonds is 5. The Hall–Kier alpha value is -4.36. The van der Waals surface area contributed by atoms with Gasteiger partial charge in [-0.25, -0.2) is 4.98 Å². The molecule has 7 nitrogen and oxygen atoms in total. The van der Waals surface area contributed by atoms with Gasteiger partial charge in [0, 0.05) is 64.9 Å². The lowest BCUT2D eigenvalue weighted by atomic mass is 10.0. The van der Waals surface area contributed by atoms with Gasteiger partial charge in [-0.1, -0.05) is 18.6 Å². The van der Waals surface area contributed by atoms with Gasteiger partial charge in [0.2, 0.25) is 0 Å². The molecule has 1 aliphatic rings. The van der Waals surface area contributed by atoms with E-state index in [0.29, 0.717) is 0 Å². The van der Waals surface area contributed by atoms with Crippen LogP contribution in [0.15, 0.2) is 79.5 Å². The fraction of sp³-hybridized carbons (Fsp3) is 0.200. The first kappa shape index (κ1) is 21.9. The van der Waals surface area contributed by atoms with Gasteiger partial charge in [-0.15, -0.1) is 0 Å². The van der Waals surface area contributed by atoms with E-state index in [4.69, 9.17) is 4.98 Å². The van der Waals surface area contributed by atoms with Gasteiger partial charge in [-0.05, 0) is 79.0 Å². The molecule has 6 aromatic rings. The van der Waals surface area contributed by atoms with E-state index in [2.05, 4.69) is 66.4 Å². The molecule has 1 aromatic carbocycles. The van der Waals surface area contributed by atoms with Gasteiger partial charge >= 0.3 is 0 Å². The van der Waals surface area contributed by atoms with Crippen LogP contribution in [-0.4, -0.2) is 48.1 Å². The van der Waals surface area contributed by atoms with Gasteiger partial charge in [0.15, 0.2) is 5.65 Å². The Balaban J connectivity index is 1.26. The average molecular weight is 486 g/mol. The summed E-state index contributed by atoms with van der Waals surface area (Å²) in [4.78, 5) is 19.5. The third-order valence-corrected chi connectivity index (χ3v) is 7.31. The minimum Gasteiger partial charge on any atom is -0.353 e. The zero-order chi connectivity index (χ0) is 24.6. The molecule has 0 amide bonds. The molecule has 37 heavy (non-hydrogen) atoms. The molecule has 1 saturated heterocycles. The van der Waals surface area contributed by atoms with Crippen molar-refractivity contribution < 1.29 is 0 Å². The molecule has 0 saturated carbocycles. The molecule has 1 aliphatic heterocycles. The maximum absolute atomic E-state index is 4.69. The minimum absolute atomic E-state index is 0.768. The number of hydrogen-bond acceptors (Lipinski definition) is 5. The summed E-state index contributed by atoms with van der Waals surface area (Å²) in [7, 11) is 0. The van der Waals surface area contributed by atoms with Gasteiger partial charge in [0.05, 0.1) is 5.69 Å². The molecular weight excluding hydrogens is 458 g/mol. The van der Waals surface area contributed by atoms with Crippen molar-refractivity contribution in [2.24, 2.45) is 0 Å². The van der Waals surface area contributed by atoms with Crippen molar-refractivity contribution in [1.29, 1.82) is 0 Å². The number of H-pyrrole nitrogens is 2. The summed E-state index contributed by atoms with van der Waals surface area (Å²) in [6.45, 7) is 3.29. The van der Waals surface area contributed by atoms with E-state index in [0.717, 1.165) is 62.1 Å². The summed E-state index contributed by atoms with van der Waals surface area (Å²) in [6, 6.07) is 17.0. The molecule has 182 valence electrons. The quantitative estimate of drug-likeness (QED) is 0.303. The van der Waals surface area contributed by atoms with E-state index in [1.807, 2.05) is 43.1 Å². The van der Waals surface area contributed by atoms with E-state index in [9.17, 15) is 0 Å². The maximum Gasteiger partial charge on any atom is 0.155 e. The lowest BCUT2D eigenvalue weighted by molar-refractivity contribution is 0.220. The molecule has 0 spiro atoms. The Morgan fingerprint density at radius 1 is 0.784 bits per heavy atom. The van der Waals surface area contributed by atoms with Crippen LogP contribution in [0, 0.1) is 0 Å². The summed E-state index contributed by atoms with van der Waals surface area (Å²) in [5, 5.41) is 9.89. The molecule has 2 N–H and O–H groups in total. The molecule has 7 heteroatoms. The molecule has 5 aromatic heterocycles. The second-order valence-electron chi connectivity index (χ2n) is 9.80. The maximum atomic E-state index is 4.69. The summed E-state index contributed by atoms with van der Waals surface area (Å²) in [6.07, 6.45) is 13.4. The first-order valence-electron chi connectivity index (χ1n) is 12.9. The van der Waals surface area contributed by atoms with Crippen LogP contribution in [0.2, 0.25) is 0 Å². The minimum atomic E-state index is 0.768. The fourth-order valence-corrected chi connectivity index (χ4v) is 5.44. The van der Waals surface area contributed by atoms with Gasteiger partial charge in [-0.3, -0.25) is 20.0 Å². The topological polar surface area (TPSA) is 86.4 Å². The van der Waals surface area contributed by atoms with Crippen molar-refractivity contribution >= 4 is 21.9 Å². The Morgan fingerprint density at radius 2 is 1.65 bits per heavy atom. The first-order chi connectivity index (χ1) is 18.3. The van der Waals surface area contributed by atoms with Crippen molar-refractivity contribution in [3.8, 4) is 33.6 Å². The predicted octanol–water partition coefficient (Wildman–Crippen LogP) is 6.22. The van der Waals surface area contributed by atoms with Crippen LogP contribution < -0.4 is 0 Å². The second kappa shape index (κ2) is 9.26. The zero-order valence-electron chi connectivity index (χ0n) is 20.5. The molecule has 0 atom stereocenters. The number of piperidine rings is 1. The van der Waals surface area contributed by atoms with Crippen LogP contribution in [-0.2, 0) is 6.54 Å². The number of aromatic amines is 2. The van der Waals surface area contributed by atoms with Crippen LogP contribution >= 0.6 is 0 Å². The molecule has 1 fully saturated rings. The Bertz CT molecular complexity index is 1690. The number of nitrogens with zero attached hydrogens (tertiary/aromatic N) is 5. The van der Waals surface area contributed by atoms with E-state index < -0.39 is 0 Å². The molecule has 6 heterocycles. The van der Waals surface area contributed by atoms with Gasteiger partial charge in [-0.2, -0.15) is 5.10 Å². The molecule has 7 rings (SSSR count). The van der Waals surface area contributed by atoms with E-state index >= 15 is 0 Å². The number of nitrogens with one attached hydrogen (secondary N) is 2. The van der Waals surface area contributed by atoms with Gasteiger partial charge in [0.1, 0.15) is 5.69 Å². The molecule has 0 unspecified atom stereocenters. The van der Waals surface area contributed by atoms with E-state index in [1.54, 1.807) is 0 Å². The van der Waals surface area contributed by atoms with E-state index in [-0.39, 0.29) is 0 Å². The lowest BCUT2D eigenvalue weighted by Crippen LogP contribution is -2.29. The summed E-state index contributed by atoms with van der Waals surface area (Å²) < 4.78 is 0. The summed E-state index contributed by atoms with van der Waals surface area (Å²) >= 11 is 0. The predicted molar refractivity (Wildman–Crippen MR) is 147 cm³/mol. The number of likely N-dealkylation sites (tertiary alicyclic amines) is 1.